The molecule has 5 rings (SSSR count). The number of rotatable bonds is 7. The quantitative estimate of drug-likeness (QED) is 0.550. The molecule has 0 atom stereocenters. The topological polar surface area (TPSA) is 101 Å². The summed E-state index contributed by atoms with van der Waals surface area (Å²) in [7, 11) is 0. The highest BCUT2D eigenvalue weighted by Gasteiger charge is 2.31. The monoisotopic (exact) mass is 483 g/mol. The van der Waals surface area contributed by atoms with E-state index in [0.717, 1.165) is 36.7 Å². The largest absolute Gasteiger partial charge is 0.366 e. The van der Waals surface area contributed by atoms with Crippen LogP contribution in [0.2, 0.25) is 0 Å². The molecule has 0 aliphatic carbocycles. The van der Waals surface area contributed by atoms with Crippen molar-refractivity contribution in [3.05, 3.63) is 54.1 Å². The van der Waals surface area contributed by atoms with Crippen molar-refractivity contribution in [2.75, 3.05) is 50.7 Å². The number of piperazine rings is 1. The molecule has 0 radical (unpaired) electrons. The SMILES string of the molecule is NC(=O)c1ccc2ccn(CC3CN(CC(=O)N4CCN(c5cnc(C(F)F)cn5)CC4)C3)c2c1. The van der Waals surface area contributed by atoms with Gasteiger partial charge < -0.3 is 20.1 Å². The molecule has 1 aromatic carbocycles. The van der Waals surface area contributed by atoms with E-state index >= 15 is 0 Å². The highest BCUT2D eigenvalue weighted by atomic mass is 19.3. The number of hydrogen-bond donors (Lipinski definition) is 1. The van der Waals surface area contributed by atoms with Gasteiger partial charge in [-0.15, -0.1) is 0 Å². The van der Waals surface area contributed by atoms with Crippen molar-refractivity contribution in [1.82, 2.24) is 24.3 Å². The van der Waals surface area contributed by atoms with Crippen LogP contribution in [-0.2, 0) is 11.3 Å². The number of primary amides is 1. The van der Waals surface area contributed by atoms with Gasteiger partial charge in [-0.2, -0.15) is 0 Å². The Bertz CT molecular complexity index is 1220. The maximum Gasteiger partial charge on any atom is 0.281 e. The fourth-order valence-electron chi connectivity index (χ4n) is 4.78. The first-order chi connectivity index (χ1) is 16.9. The van der Waals surface area contributed by atoms with Gasteiger partial charge in [-0.3, -0.25) is 14.5 Å². The van der Waals surface area contributed by atoms with Gasteiger partial charge in [-0.25, -0.2) is 18.7 Å². The Labute approximate surface area is 201 Å². The number of carbonyl (C=O) groups excluding carboxylic acids is 2. The van der Waals surface area contributed by atoms with Crippen molar-refractivity contribution >= 4 is 28.5 Å². The standard InChI is InChI=1S/C24H27F2N7O2/c25-23(26)19-10-29-21(11-28-19)31-5-7-32(8-6-31)22(34)15-30-12-16(13-30)14-33-4-3-17-1-2-18(24(27)35)9-20(17)33/h1-4,9-11,16,23H,5-8,12-15H2,(H2,27,35). The lowest BCUT2D eigenvalue weighted by Gasteiger charge is -2.41. The summed E-state index contributed by atoms with van der Waals surface area (Å²) in [5, 5.41) is 1.07. The van der Waals surface area contributed by atoms with Gasteiger partial charge in [0.15, 0.2) is 0 Å². The zero-order valence-electron chi connectivity index (χ0n) is 19.2. The first-order valence-corrected chi connectivity index (χ1v) is 11.6. The summed E-state index contributed by atoms with van der Waals surface area (Å²) in [4.78, 5) is 38.1. The average Bonchev–Trinajstić information content (AvgIpc) is 3.24. The number of halogens is 2. The van der Waals surface area contributed by atoms with Crippen LogP contribution in [0.15, 0.2) is 42.9 Å². The molecule has 0 saturated carbocycles. The first-order valence-electron chi connectivity index (χ1n) is 11.6. The summed E-state index contributed by atoms with van der Waals surface area (Å²) in [6.45, 7) is 5.19. The molecule has 2 aromatic heterocycles. The Morgan fingerprint density at radius 3 is 2.49 bits per heavy atom. The minimum Gasteiger partial charge on any atom is -0.366 e. The van der Waals surface area contributed by atoms with E-state index in [9.17, 15) is 18.4 Å². The zero-order chi connectivity index (χ0) is 24.5. The Morgan fingerprint density at radius 1 is 1.06 bits per heavy atom. The van der Waals surface area contributed by atoms with E-state index in [-0.39, 0.29) is 11.6 Å². The number of alkyl halides is 2. The van der Waals surface area contributed by atoms with Crippen LogP contribution in [0.5, 0.6) is 0 Å². The van der Waals surface area contributed by atoms with Crippen LogP contribution < -0.4 is 10.6 Å². The number of hydrogen-bond acceptors (Lipinski definition) is 6. The van der Waals surface area contributed by atoms with Gasteiger partial charge in [-0.1, -0.05) is 6.07 Å². The molecule has 2 fully saturated rings. The van der Waals surface area contributed by atoms with Gasteiger partial charge in [-0.05, 0) is 23.6 Å². The second-order valence-corrected chi connectivity index (χ2v) is 9.13. The number of nitrogens with two attached hydrogens (primary N) is 1. The van der Waals surface area contributed by atoms with Crippen LogP contribution in [-0.4, -0.2) is 82.0 Å². The second-order valence-electron chi connectivity index (χ2n) is 9.13. The molecule has 2 amide bonds. The van der Waals surface area contributed by atoms with E-state index in [1.54, 1.807) is 6.07 Å². The summed E-state index contributed by atoms with van der Waals surface area (Å²) in [6, 6.07) is 7.50. The Balaban J connectivity index is 1.08. The molecule has 3 aromatic rings. The summed E-state index contributed by atoms with van der Waals surface area (Å²) >= 11 is 0. The Kier molecular flexibility index (Phi) is 6.33. The maximum absolute atomic E-state index is 12.8. The third-order valence-electron chi connectivity index (χ3n) is 6.74. The fourth-order valence-corrected chi connectivity index (χ4v) is 4.78. The van der Waals surface area contributed by atoms with Crippen molar-refractivity contribution in [3.8, 4) is 0 Å². The number of amides is 2. The number of likely N-dealkylation sites (tertiary alicyclic amines) is 1. The average molecular weight is 484 g/mol. The van der Waals surface area contributed by atoms with Crippen LogP contribution in [0.25, 0.3) is 10.9 Å². The molecule has 4 heterocycles. The van der Waals surface area contributed by atoms with Crippen LogP contribution >= 0.6 is 0 Å². The minimum atomic E-state index is -2.63. The van der Waals surface area contributed by atoms with Gasteiger partial charge in [0.1, 0.15) is 11.5 Å². The van der Waals surface area contributed by atoms with E-state index < -0.39 is 12.3 Å². The number of fused-ring (bicyclic) bond motifs is 1. The lowest BCUT2D eigenvalue weighted by atomic mass is 10.00. The van der Waals surface area contributed by atoms with Crippen molar-refractivity contribution in [2.24, 2.45) is 11.7 Å². The lowest BCUT2D eigenvalue weighted by Crippen LogP contribution is -2.55. The molecule has 11 heteroatoms. The predicted molar refractivity (Wildman–Crippen MR) is 126 cm³/mol. The lowest BCUT2D eigenvalue weighted by molar-refractivity contribution is -0.134. The molecule has 0 bridgehead atoms. The predicted octanol–water partition coefficient (Wildman–Crippen LogP) is 1.75. The summed E-state index contributed by atoms with van der Waals surface area (Å²) in [5.74, 6) is 0.640. The van der Waals surface area contributed by atoms with E-state index in [2.05, 4.69) is 19.4 Å². The van der Waals surface area contributed by atoms with Crippen LogP contribution in [0.1, 0.15) is 22.5 Å². The van der Waals surface area contributed by atoms with Crippen molar-refractivity contribution < 1.29 is 18.4 Å². The van der Waals surface area contributed by atoms with E-state index in [1.807, 2.05) is 34.2 Å². The number of nitrogens with zero attached hydrogens (tertiary/aromatic N) is 6. The molecule has 2 aliphatic rings. The molecular weight excluding hydrogens is 456 g/mol. The maximum atomic E-state index is 12.8. The van der Waals surface area contributed by atoms with Crippen molar-refractivity contribution in [3.63, 3.8) is 0 Å². The molecule has 2 saturated heterocycles. The highest BCUT2D eigenvalue weighted by Crippen LogP contribution is 2.23. The van der Waals surface area contributed by atoms with Crippen molar-refractivity contribution in [2.45, 2.75) is 13.0 Å². The normalized spacial score (nSPS) is 17.2. The summed E-state index contributed by atoms with van der Waals surface area (Å²) in [6.07, 6.45) is 1.85. The van der Waals surface area contributed by atoms with Crippen LogP contribution in [0.4, 0.5) is 14.6 Å². The molecule has 0 unspecified atom stereocenters. The van der Waals surface area contributed by atoms with Gasteiger partial charge in [0.05, 0.1) is 18.9 Å². The molecule has 9 nitrogen and oxygen atoms in total. The van der Waals surface area contributed by atoms with Gasteiger partial charge >= 0.3 is 0 Å². The number of anilines is 1. The molecule has 2 aliphatic heterocycles. The van der Waals surface area contributed by atoms with E-state index in [1.165, 1.54) is 6.20 Å². The molecule has 2 N–H and O–H groups in total. The second kappa shape index (κ2) is 9.57. The number of aromatic nitrogens is 3. The van der Waals surface area contributed by atoms with Gasteiger partial charge in [0.2, 0.25) is 11.8 Å². The smallest absolute Gasteiger partial charge is 0.281 e. The molecule has 184 valence electrons. The zero-order valence-corrected chi connectivity index (χ0v) is 19.2. The van der Waals surface area contributed by atoms with E-state index in [0.29, 0.717) is 50.0 Å². The minimum absolute atomic E-state index is 0.0970. The van der Waals surface area contributed by atoms with Crippen molar-refractivity contribution in [1.29, 1.82) is 0 Å². The van der Waals surface area contributed by atoms with Crippen LogP contribution in [0.3, 0.4) is 0 Å². The number of carbonyl (C=O) groups is 2. The Morgan fingerprint density at radius 2 is 1.83 bits per heavy atom. The molecule has 35 heavy (non-hydrogen) atoms. The number of benzene rings is 1. The third kappa shape index (κ3) is 4.95. The Hall–Kier alpha value is -3.60. The summed E-state index contributed by atoms with van der Waals surface area (Å²) < 4.78 is 27.5. The van der Waals surface area contributed by atoms with Crippen LogP contribution in [0, 0.1) is 5.92 Å². The highest BCUT2D eigenvalue weighted by molar-refractivity contribution is 5.97. The summed E-state index contributed by atoms with van der Waals surface area (Å²) in [5.41, 5.74) is 6.56. The molecular formula is C24H27F2N7O2. The van der Waals surface area contributed by atoms with E-state index in [4.69, 9.17) is 5.73 Å². The third-order valence-corrected chi connectivity index (χ3v) is 6.74. The first kappa shape index (κ1) is 23.2. The van der Waals surface area contributed by atoms with Gasteiger partial charge in [0, 0.05) is 69.0 Å². The van der Waals surface area contributed by atoms with Gasteiger partial charge in [0.25, 0.3) is 6.43 Å². The fraction of sp³-hybridized carbons (Fsp3) is 0.417. The molecule has 0 spiro atoms.